The van der Waals surface area contributed by atoms with Gasteiger partial charge in [-0.05, 0) is 55.3 Å². The minimum atomic E-state index is -0.782. The number of nitrogens with zero attached hydrogens (tertiary/aromatic N) is 2. The lowest BCUT2D eigenvalue weighted by molar-refractivity contribution is -0.144. The van der Waals surface area contributed by atoms with E-state index in [2.05, 4.69) is 18.7 Å². The summed E-state index contributed by atoms with van der Waals surface area (Å²) in [5.41, 5.74) is 2.09. The Kier molecular flexibility index (Phi) is 5.97. The van der Waals surface area contributed by atoms with Gasteiger partial charge in [0.2, 0.25) is 5.91 Å². The second-order valence-corrected chi connectivity index (χ2v) is 7.98. The van der Waals surface area contributed by atoms with Gasteiger partial charge in [0.1, 0.15) is 6.04 Å². The van der Waals surface area contributed by atoms with Crippen LogP contribution in [0.2, 0.25) is 0 Å². The molecule has 0 aromatic heterocycles. The molecule has 1 aromatic carbocycles. The lowest BCUT2D eigenvalue weighted by Crippen LogP contribution is -2.42. The first kappa shape index (κ1) is 18.9. The minimum absolute atomic E-state index is 0.279. The van der Waals surface area contributed by atoms with E-state index >= 15 is 0 Å². The van der Waals surface area contributed by atoms with Crippen molar-refractivity contribution in [1.29, 1.82) is 0 Å². The third-order valence-electron chi connectivity index (χ3n) is 5.82. The monoisotopic (exact) mass is 358 g/mol. The van der Waals surface area contributed by atoms with Gasteiger partial charge in [-0.1, -0.05) is 38.1 Å². The molecule has 3 rings (SSSR count). The van der Waals surface area contributed by atoms with Crippen LogP contribution < -0.4 is 0 Å². The van der Waals surface area contributed by atoms with Crippen LogP contribution in [0.3, 0.4) is 0 Å². The number of likely N-dealkylation sites (tertiary alicyclic amines) is 2. The third kappa shape index (κ3) is 4.26. The van der Waals surface area contributed by atoms with Crippen LogP contribution in [-0.2, 0) is 9.59 Å². The lowest BCUT2D eigenvalue weighted by atomic mass is 9.93. The van der Waals surface area contributed by atoms with Crippen molar-refractivity contribution in [2.24, 2.45) is 5.92 Å². The number of rotatable bonds is 6. The zero-order valence-electron chi connectivity index (χ0n) is 15.9. The summed E-state index contributed by atoms with van der Waals surface area (Å²) in [5.74, 6) is 0.430. The summed E-state index contributed by atoms with van der Waals surface area (Å²) < 4.78 is 0. The maximum atomic E-state index is 11.9. The van der Waals surface area contributed by atoms with Crippen molar-refractivity contribution in [3.63, 3.8) is 0 Å². The van der Waals surface area contributed by atoms with Crippen LogP contribution in [0.1, 0.15) is 62.6 Å². The fraction of sp³-hybridized carbons (Fsp3) is 0.619. The molecule has 1 unspecified atom stereocenters. The predicted molar refractivity (Wildman–Crippen MR) is 101 cm³/mol. The molecule has 5 nitrogen and oxygen atoms in total. The number of carboxylic acids is 1. The second-order valence-electron chi connectivity index (χ2n) is 7.98. The molecular formula is C21H30N2O3. The number of aliphatic carboxylic acids is 1. The number of hydrogen-bond acceptors (Lipinski definition) is 3. The summed E-state index contributed by atoms with van der Waals surface area (Å²) in [5, 5.41) is 9.79. The lowest BCUT2D eigenvalue weighted by Gasteiger charge is -2.37. The minimum Gasteiger partial charge on any atom is -0.480 e. The summed E-state index contributed by atoms with van der Waals surface area (Å²) in [6, 6.07) is 7.43. The largest absolute Gasteiger partial charge is 0.480 e. The van der Waals surface area contributed by atoms with Gasteiger partial charge >= 0.3 is 5.97 Å². The summed E-state index contributed by atoms with van der Waals surface area (Å²) in [6.07, 6.45) is 3.58. The van der Waals surface area contributed by atoms with Crippen LogP contribution in [0.5, 0.6) is 0 Å². The van der Waals surface area contributed by atoms with E-state index in [9.17, 15) is 14.7 Å². The predicted octanol–water partition coefficient (Wildman–Crippen LogP) is 3.27. The zero-order chi connectivity index (χ0) is 18.7. The molecule has 1 aromatic rings. The molecule has 2 fully saturated rings. The molecule has 0 radical (unpaired) electrons. The molecule has 2 heterocycles. The molecule has 2 aliphatic heterocycles. The van der Waals surface area contributed by atoms with E-state index < -0.39 is 12.0 Å². The average Bonchev–Trinajstić information content (AvgIpc) is 3.01. The molecule has 0 spiro atoms. The molecule has 0 aliphatic carbocycles. The number of carboxylic acid groups (broad SMARTS) is 1. The average molecular weight is 358 g/mol. The maximum Gasteiger partial charge on any atom is 0.325 e. The van der Waals surface area contributed by atoms with Gasteiger partial charge in [0, 0.05) is 19.5 Å². The van der Waals surface area contributed by atoms with Crippen molar-refractivity contribution < 1.29 is 14.7 Å². The number of amides is 1. The third-order valence-corrected chi connectivity index (χ3v) is 5.82. The quantitative estimate of drug-likeness (QED) is 0.848. The van der Waals surface area contributed by atoms with Gasteiger partial charge < -0.3 is 10.0 Å². The van der Waals surface area contributed by atoms with Crippen LogP contribution in [0.15, 0.2) is 24.3 Å². The molecule has 5 heteroatoms. The van der Waals surface area contributed by atoms with Crippen molar-refractivity contribution in [1.82, 2.24) is 9.80 Å². The molecule has 1 N–H and O–H groups in total. The SMILES string of the molecule is CC(C)c1ccc(C(C(=O)O)N2CCC(CN3CCCC3=O)CC2)cc1. The first-order chi connectivity index (χ1) is 12.5. The molecule has 0 bridgehead atoms. The van der Waals surface area contributed by atoms with Gasteiger partial charge in [0.15, 0.2) is 0 Å². The van der Waals surface area contributed by atoms with Gasteiger partial charge in [0.05, 0.1) is 0 Å². The first-order valence-corrected chi connectivity index (χ1v) is 9.80. The van der Waals surface area contributed by atoms with Crippen LogP contribution >= 0.6 is 0 Å². The summed E-state index contributed by atoms with van der Waals surface area (Å²) in [4.78, 5) is 27.8. The number of carbonyl (C=O) groups excluding carboxylic acids is 1. The van der Waals surface area contributed by atoms with E-state index in [0.717, 1.165) is 51.0 Å². The van der Waals surface area contributed by atoms with Crippen LogP contribution in [-0.4, -0.2) is 53.0 Å². The fourth-order valence-electron chi connectivity index (χ4n) is 4.18. The number of piperidine rings is 1. The maximum absolute atomic E-state index is 11.9. The Morgan fingerprint density at radius 2 is 1.73 bits per heavy atom. The normalized spacial score (nSPS) is 20.7. The van der Waals surface area contributed by atoms with Crippen LogP contribution in [0.25, 0.3) is 0 Å². The molecule has 26 heavy (non-hydrogen) atoms. The second kappa shape index (κ2) is 8.21. The number of hydrogen-bond donors (Lipinski definition) is 1. The number of carbonyl (C=O) groups is 2. The molecule has 1 atom stereocenters. The summed E-state index contributed by atoms with van der Waals surface area (Å²) >= 11 is 0. The van der Waals surface area contributed by atoms with Gasteiger partial charge in [-0.3, -0.25) is 14.5 Å². The van der Waals surface area contributed by atoms with Crippen molar-refractivity contribution >= 4 is 11.9 Å². The Morgan fingerprint density at radius 3 is 2.23 bits per heavy atom. The topological polar surface area (TPSA) is 60.9 Å². The van der Waals surface area contributed by atoms with Crippen molar-refractivity contribution in [3.05, 3.63) is 35.4 Å². The molecule has 1 amide bonds. The van der Waals surface area contributed by atoms with E-state index in [1.165, 1.54) is 5.56 Å². The van der Waals surface area contributed by atoms with E-state index in [1.807, 2.05) is 29.2 Å². The van der Waals surface area contributed by atoms with Crippen LogP contribution in [0.4, 0.5) is 0 Å². The summed E-state index contributed by atoms with van der Waals surface area (Å²) in [7, 11) is 0. The highest BCUT2D eigenvalue weighted by Crippen LogP contribution is 2.29. The number of benzene rings is 1. The van der Waals surface area contributed by atoms with Crippen molar-refractivity contribution in [3.8, 4) is 0 Å². The van der Waals surface area contributed by atoms with Crippen LogP contribution in [0, 0.1) is 5.92 Å². The van der Waals surface area contributed by atoms with E-state index in [1.54, 1.807) is 0 Å². The Hall–Kier alpha value is -1.88. The van der Waals surface area contributed by atoms with Crippen molar-refractivity contribution in [2.45, 2.75) is 51.5 Å². The van der Waals surface area contributed by atoms with Gasteiger partial charge in [-0.2, -0.15) is 0 Å². The molecule has 142 valence electrons. The van der Waals surface area contributed by atoms with E-state index in [4.69, 9.17) is 0 Å². The van der Waals surface area contributed by atoms with Gasteiger partial charge in [-0.15, -0.1) is 0 Å². The smallest absolute Gasteiger partial charge is 0.325 e. The van der Waals surface area contributed by atoms with E-state index in [-0.39, 0.29) is 5.91 Å². The Bertz CT molecular complexity index is 633. The summed E-state index contributed by atoms with van der Waals surface area (Å²) in [6.45, 7) is 7.55. The Morgan fingerprint density at radius 1 is 1.12 bits per heavy atom. The zero-order valence-corrected chi connectivity index (χ0v) is 15.9. The molecule has 2 saturated heterocycles. The molecule has 2 aliphatic rings. The Balaban J connectivity index is 1.61. The fourth-order valence-corrected chi connectivity index (χ4v) is 4.18. The first-order valence-electron chi connectivity index (χ1n) is 9.80. The standard InChI is InChI=1S/C21H30N2O3/c1-15(2)17-5-7-18(8-6-17)20(21(25)26)22-12-9-16(10-13-22)14-23-11-3-4-19(23)24/h5-8,15-16,20H,3-4,9-14H2,1-2H3,(H,25,26). The van der Waals surface area contributed by atoms with Gasteiger partial charge in [0.25, 0.3) is 0 Å². The molecular weight excluding hydrogens is 328 g/mol. The van der Waals surface area contributed by atoms with E-state index in [0.29, 0.717) is 18.3 Å². The highest BCUT2D eigenvalue weighted by Gasteiger charge is 2.32. The highest BCUT2D eigenvalue weighted by molar-refractivity contribution is 5.78. The van der Waals surface area contributed by atoms with Gasteiger partial charge in [-0.25, -0.2) is 0 Å². The Labute approximate surface area is 156 Å². The molecule has 0 saturated carbocycles. The highest BCUT2D eigenvalue weighted by atomic mass is 16.4. The van der Waals surface area contributed by atoms with Crippen molar-refractivity contribution in [2.75, 3.05) is 26.2 Å².